The Morgan fingerprint density at radius 3 is 1.68 bits per heavy atom. The highest BCUT2D eigenvalue weighted by Gasteiger charge is 2.35. The third-order valence-corrected chi connectivity index (χ3v) is 5.30. The minimum Gasteiger partial charge on any atom is -0.393 e. The maximum absolute atomic E-state index is 10.6. The summed E-state index contributed by atoms with van der Waals surface area (Å²) < 4.78 is 11.5. The molecule has 0 radical (unpaired) electrons. The zero-order valence-electron chi connectivity index (χ0n) is 11.9. The smallest absolute Gasteiger partial charge is 0.0598 e. The Bertz CT molecular complexity index is 243. The molecule has 0 bridgehead atoms. The summed E-state index contributed by atoms with van der Waals surface area (Å²) in [7, 11) is 0. The van der Waals surface area contributed by atoms with E-state index in [9.17, 15) is 5.11 Å². The summed E-state index contributed by atoms with van der Waals surface area (Å²) in [4.78, 5) is 0. The van der Waals surface area contributed by atoms with Crippen molar-refractivity contribution in [2.24, 2.45) is 11.8 Å². The van der Waals surface area contributed by atoms with Crippen LogP contribution in [-0.2, 0) is 9.47 Å². The monoisotopic (exact) mass is 268 g/mol. The molecular formula is C16H28O3. The van der Waals surface area contributed by atoms with Gasteiger partial charge in [0.05, 0.1) is 18.3 Å². The second-order valence-electron chi connectivity index (χ2n) is 6.68. The molecule has 3 fully saturated rings. The zero-order valence-corrected chi connectivity index (χ0v) is 11.9. The maximum atomic E-state index is 10.6. The first-order valence-electron chi connectivity index (χ1n) is 8.24. The summed E-state index contributed by atoms with van der Waals surface area (Å²) in [5, 5.41) is 10.6. The van der Waals surface area contributed by atoms with Gasteiger partial charge in [0.25, 0.3) is 0 Å². The molecule has 1 unspecified atom stereocenters. The molecule has 110 valence electrons. The SMILES string of the molecule is OC1[C@@H](C[C@H]2CCCO2)CCC[C@H]1C[C@@H]1CCCO1. The number of hydrogen-bond acceptors (Lipinski definition) is 3. The van der Waals surface area contributed by atoms with Gasteiger partial charge in [0.15, 0.2) is 0 Å². The van der Waals surface area contributed by atoms with Crippen molar-refractivity contribution < 1.29 is 14.6 Å². The fourth-order valence-electron chi connectivity index (χ4n) is 4.22. The summed E-state index contributed by atoms with van der Waals surface area (Å²) in [6.07, 6.45) is 11.3. The fraction of sp³-hybridized carbons (Fsp3) is 1.00. The summed E-state index contributed by atoms with van der Waals surface area (Å²) in [6, 6.07) is 0. The van der Waals surface area contributed by atoms with Gasteiger partial charge >= 0.3 is 0 Å². The largest absolute Gasteiger partial charge is 0.393 e. The van der Waals surface area contributed by atoms with Gasteiger partial charge in [0.2, 0.25) is 0 Å². The van der Waals surface area contributed by atoms with Crippen LogP contribution >= 0.6 is 0 Å². The molecule has 3 nitrogen and oxygen atoms in total. The third-order valence-electron chi connectivity index (χ3n) is 5.30. The highest BCUT2D eigenvalue weighted by molar-refractivity contribution is 4.86. The van der Waals surface area contributed by atoms with Gasteiger partial charge in [0.1, 0.15) is 0 Å². The maximum Gasteiger partial charge on any atom is 0.0598 e. The topological polar surface area (TPSA) is 38.7 Å². The van der Waals surface area contributed by atoms with Crippen LogP contribution in [0.2, 0.25) is 0 Å². The lowest BCUT2D eigenvalue weighted by molar-refractivity contribution is -0.0301. The number of aliphatic hydroxyl groups excluding tert-OH is 1. The van der Waals surface area contributed by atoms with Crippen LogP contribution in [0.4, 0.5) is 0 Å². The first-order chi connectivity index (χ1) is 9.33. The Morgan fingerprint density at radius 1 is 0.737 bits per heavy atom. The summed E-state index contributed by atoms with van der Waals surface area (Å²) in [5.74, 6) is 0.923. The second-order valence-corrected chi connectivity index (χ2v) is 6.68. The van der Waals surface area contributed by atoms with Crippen LogP contribution in [0.3, 0.4) is 0 Å². The van der Waals surface area contributed by atoms with E-state index >= 15 is 0 Å². The van der Waals surface area contributed by atoms with Crippen molar-refractivity contribution in [2.45, 2.75) is 76.1 Å². The van der Waals surface area contributed by atoms with E-state index in [1.165, 1.54) is 44.9 Å². The molecule has 2 heterocycles. The molecule has 0 aromatic carbocycles. The third kappa shape index (κ3) is 3.50. The molecule has 2 saturated heterocycles. The molecule has 19 heavy (non-hydrogen) atoms. The predicted molar refractivity (Wildman–Crippen MR) is 74.0 cm³/mol. The van der Waals surface area contributed by atoms with Gasteiger partial charge in [-0.15, -0.1) is 0 Å². The van der Waals surface area contributed by atoms with Gasteiger partial charge in [-0.2, -0.15) is 0 Å². The van der Waals surface area contributed by atoms with E-state index in [2.05, 4.69) is 0 Å². The summed E-state index contributed by atoms with van der Waals surface area (Å²) >= 11 is 0. The molecule has 1 saturated carbocycles. The fourth-order valence-corrected chi connectivity index (χ4v) is 4.22. The molecule has 1 N–H and O–H groups in total. The van der Waals surface area contributed by atoms with E-state index in [0.29, 0.717) is 24.0 Å². The van der Waals surface area contributed by atoms with Gasteiger partial charge in [-0.25, -0.2) is 0 Å². The average molecular weight is 268 g/mol. The second kappa shape index (κ2) is 6.55. The average Bonchev–Trinajstić information content (AvgIpc) is 3.07. The van der Waals surface area contributed by atoms with E-state index in [-0.39, 0.29) is 6.10 Å². The normalized spacial score (nSPS) is 43.7. The molecule has 0 spiro atoms. The number of aliphatic hydroxyl groups is 1. The van der Waals surface area contributed by atoms with Gasteiger partial charge in [-0.1, -0.05) is 6.42 Å². The highest BCUT2D eigenvalue weighted by atomic mass is 16.5. The number of hydrogen-bond donors (Lipinski definition) is 1. The molecule has 2 aliphatic heterocycles. The Hall–Kier alpha value is -0.120. The number of ether oxygens (including phenoxy) is 2. The minimum absolute atomic E-state index is 0.123. The molecule has 3 rings (SSSR count). The van der Waals surface area contributed by atoms with Crippen LogP contribution in [0.1, 0.15) is 57.8 Å². The van der Waals surface area contributed by atoms with Crippen LogP contribution in [0.5, 0.6) is 0 Å². The van der Waals surface area contributed by atoms with Crippen LogP contribution in [-0.4, -0.2) is 36.6 Å². The van der Waals surface area contributed by atoms with Gasteiger partial charge in [-0.05, 0) is 63.2 Å². The molecule has 5 atom stereocenters. The van der Waals surface area contributed by atoms with Crippen molar-refractivity contribution in [3.8, 4) is 0 Å². The van der Waals surface area contributed by atoms with E-state index in [1.54, 1.807) is 0 Å². The van der Waals surface area contributed by atoms with Crippen molar-refractivity contribution in [2.75, 3.05) is 13.2 Å². The van der Waals surface area contributed by atoms with Crippen LogP contribution in [0.25, 0.3) is 0 Å². The lowest BCUT2D eigenvalue weighted by atomic mass is 9.74. The Labute approximate surface area is 116 Å². The van der Waals surface area contributed by atoms with Crippen molar-refractivity contribution in [1.29, 1.82) is 0 Å². The zero-order chi connectivity index (χ0) is 13.1. The molecular weight excluding hydrogens is 240 g/mol. The molecule has 3 heteroatoms. The highest BCUT2D eigenvalue weighted by Crippen LogP contribution is 2.37. The standard InChI is InChI=1S/C16H28O3/c17-16-12(10-14-6-2-8-18-14)4-1-5-13(16)11-15-7-3-9-19-15/h12-17H,1-11H2/t12-,13+,14-,15+,16?. The molecule has 0 aromatic heterocycles. The van der Waals surface area contributed by atoms with Gasteiger partial charge in [0, 0.05) is 13.2 Å². The lowest BCUT2D eigenvalue weighted by Crippen LogP contribution is -2.37. The van der Waals surface area contributed by atoms with Crippen LogP contribution in [0, 0.1) is 11.8 Å². The van der Waals surface area contributed by atoms with Crippen molar-refractivity contribution in [3.05, 3.63) is 0 Å². The van der Waals surface area contributed by atoms with E-state index in [1.807, 2.05) is 0 Å². The lowest BCUT2D eigenvalue weighted by Gasteiger charge is -2.37. The summed E-state index contributed by atoms with van der Waals surface area (Å²) in [6.45, 7) is 1.85. The Balaban J connectivity index is 1.50. The Kier molecular flexibility index (Phi) is 4.78. The van der Waals surface area contributed by atoms with Crippen molar-refractivity contribution in [1.82, 2.24) is 0 Å². The van der Waals surface area contributed by atoms with Crippen LogP contribution < -0.4 is 0 Å². The van der Waals surface area contributed by atoms with Crippen molar-refractivity contribution in [3.63, 3.8) is 0 Å². The molecule has 3 aliphatic rings. The van der Waals surface area contributed by atoms with Crippen LogP contribution in [0.15, 0.2) is 0 Å². The van der Waals surface area contributed by atoms with E-state index in [4.69, 9.17) is 9.47 Å². The molecule has 0 aromatic rings. The van der Waals surface area contributed by atoms with E-state index in [0.717, 1.165) is 26.1 Å². The first-order valence-corrected chi connectivity index (χ1v) is 8.24. The minimum atomic E-state index is -0.123. The number of rotatable bonds is 4. The van der Waals surface area contributed by atoms with Gasteiger partial charge in [-0.3, -0.25) is 0 Å². The first kappa shape index (κ1) is 13.8. The van der Waals surface area contributed by atoms with Gasteiger partial charge < -0.3 is 14.6 Å². The predicted octanol–water partition coefficient (Wildman–Crippen LogP) is 2.90. The van der Waals surface area contributed by atoms with E-state index < -0.39 is 0 Å². The summed E-state index contributed by atoms with van der Waals surface area (Å²) in [5.41, 5.74) is 0. The Morgan fingerprint density at radius 2 is 1.26 bits per heavy atom. The molecule has 0 amide bonds. The van der Waals surface area contributed by atoms with Crippen molar-refractivity contribution >= 4 is 0 Å². The quantitative estimate of drug-likeness (QED) is 0.852. The molecule has 1 aliphatic carbocycles.